The minimum atomic E-state index is -4.51. The van der Waals surface area contributed by atoms with Crippen LogP contribution >= 0.6 is 0 Å². The van der Waals surface area contributed by atoms with Crippen molar-refractivity contribution in [3.05, 3.63) is 53.3 Å². The van der Waals surface area contributed by atoms with Crippen molar-refractivity contribution in [2.45, 2.75) is 44.4 Å². The van der Waals surface area contributed by atoms with E-state index in [0.29, 0.717) is 11.4 Å². The van der Waals surface area contributed by atoms with E-state index >= 15 is 0 Å². The molecule has 2 aromatic rings. The Labute approximate surface area is 171 Å². The average Bonchev–Trinajstić information content (AvgIpc) is 2.51. The number of hydrogen-bond donors (Lipinski definition) is 0. The number of nitrogens with zero attached hydrogens (tertiary/aromatic N) is 2. The Morgan fingerprint density at radius 2 is 1.64 bits per heavy atom. The normalized spacial score (nSPS) is 12.0. The maximum Gasteiger partial charge on any atom is 1.00 e. The van der Waals surface area contributed by atoms with Crippen LogP contribution in [0.15, 0.2) is 46.4 Å². The molecule has 0 spiro atoms. The van der Waals surface area contributed by atoms with Crippen LogP contribution in [0.3, 0.4) is 0 Å². The van der Waals surface area contributed by atoms with Crippen LogP contribution in [-0.2, 0) is 10.1 Å². The van der Waals surface area contributed by atoms with Gasteiger partial charge in [-0.1, -0.05) is 33.8 Å². The molecule has 0 aliphatic heterocycles. The van der Waals surface area contributed by atoms with Gasteiger partial charge in [-0.25, -0.2) is 8.42 Å². The number of hydrogen-bond acceptors (Lipinski definition) is 5. The van der Waals surface area contributed by atoms with Crippen LogP contribution in [-0.4, -0.2) is 24.2 Å². The quantitative estimate of drug-likeness (QED) is 0.448. The van der Waals surface area contributed by atoms with E-state index in [1.807, 2.05) is 45.9 Å². The van der Waals surface area contributed by atoms with Gasteiger partial charge in [-0.3, -0.25) is 9.98 Å². The van der Waals surface area contributed by atoms with E-state index in [2.05, 4.69) is 9.98 Å². The van der Waals surface area contributed by atoms with Gasteiger partial charge in [0.05, 0.1) is 22.5 Å². The minimum absolute atomic E-state index is 0. The molecule has 25 heavy (non-hydrogen) atoms. The minimum Gasteiger partial charge on any atom is -0.744 e. The van der Waals surface area contributed by atoms with Crippen LogP contribution in [0.2, 0.25) is 0 Å². The standard InChI is InChI=1S/C18H22N2O3S.Na/c1-12(2)16-9-15(24(21,22)23)10-17(13(3)4)18(16)20-11-14-7-5-6-8-19-14;/h5-13H,1-4H3,(H,21,22,23);/q;+1/p-1. The number of benzene rings is 1. The van der Waals surface area contributed by atoms with Crippen LogP contribution in [0.5, 0.6) is 0 Å². The van der Waals surface area contributed by atoms with E-state index in [4.69, 9.17) is 0 Å². The first-order chi connectivity index (χ1) is 11.2. The second kappa shape index (κ2) is 9.05. The molecule has 0 aliphatic carbocycles. The summed E-state index contributed by atoms with van der Waals surface area (Å²) in [4.78, 5) is 8.56. The van der Waals surface area contributed by atoms with Gasteiger partial charge in [0.2, 0.25) is 0 Å². The summed E-state index contributed by atoms with van der Waals surface area (Å²) in [6.07, 6.45) is 3.33. The maximum atomic E-state index is 11.5. The van der Waals surface area contributed by atoms with Crippen LogP contribution in [0.4, 0.5) is 5.69 Å². The molecule has 128 valence electrons. The molecule has 0 unspecified atom stereocenters. The largest absolute Gasteiger partial charge is 1.00 e. The summed E-state index contributed by atoms with van der Waals surface area (Å²) in [5.74, 6) is 0.0557. The van der Waals surface area contributed by atoms with E-state index in [-0.39, 0.29) is 46.3 Å². The van der Waals surface area contributed by atoms with E-state index in [9.17, 15) is 13.0 Å². The molecule has 0 saturated carbocycles. The fraction of sp³-hybridized carbons (Fsp3) is 0.333. The molecule has 0 radical (unpaired) electrons. The molecule has 0 N–H and O–H groups in total. The van der Waals surface area contributed by atoms with Crippen LogP contribution in [0.25, 0.3) is 0 Å². The predicted molar refractivity (Wildman–Crippen MR) is 94.1 cm³/mol. The van der Waals surface area contributed by atoms with E-state index in [0.717, 1.165) is 11.1 Å². The second-order valence-electron chi connectivity index (χ2n) is 6.23. The molecule has 0 amide bonds. The molecule has 0 fully saturated rings. The first kappa shape index (κ1) is 22.0. The number of rotatable bonds is 5. The van der Waals surface area contributed by atoms with Crippen molar-refractivity contribution >= 4 is 22.0 Å². The Bertz CT molecular complexity index is 819. The molecule has 1 heterocycles. The van der Waals surface area contributed by atoms with E-state index in [1.54, 1.807) is 12.4 Å². The van der Waals surface area contributed by atoms with Gasteiger partial charge in [0.15, 0.2) is 0 Å². The van der Waals surface area contributed by atoms with E-state index < -0.39 is 10.1 Å². The second-order valence-corrected chi connectivity index (χ2v) is 7.61. The third-order valence-electron chi connectivity index (χ3n) is 3.69. The Hall–Kier alpha value is -1.05. The van der Waals surface area contributed by atoms with Crippen molar-refractivity contribution in [3.63, 3.8) is 0 Å². The third kappa shape index (κ3) is 5.72. The van der Waals surface area contributed by atoms with Crippen molar-refractivity contribution in [1.29, 1.82) is 0 Å². The van der Waals surface area contributed by atoms with Gasteiger partial charge in [-0.15, -0.1) is 0 Å². The molecule has 0 aliphatic rings. The van der Waals surface area contributed by atoms with Gasteiger partial charge >= 0.3 is 29.6 Å². The smallest absolute Gasteiger partial charge is 0.744 e. The van der Waals surface area contributed by atoms with Crippen molar-refractivity contribution in [3.8, 4) is 0 Å². The summed E-state index contributed by atoms with van der Waals surface area (Å²) >= 11 is 0. The number of aromatic nitrogens is 1. The van der Waals surface area contributed by atoms with Crippen LogP contribution in [0.1, 0.15) is 56.4 Å². The maximum absolute atomic E-state index is 11.5. The van der Waals surface area contributed by atoms with Crippen molar-refractivity contribution < 1.29 is 42.5 Å². The molecule has 5 nitrogen and oxygen atoms in total. The van der Waals surface area contributed by atoms with Gasteiger partial charge in [0.25, 0.3) is 0 Å². The molecule has 0 bridgehead atoms. The Morgan fingerprint density at radius 1 is 1.08 bits per heavy atom. The molecular weight excluding hydrogens is 347 g/mol. The summed E-state index contributed by atoms with van der Waals surface area (Å²) < 4.78 is 34.4. The Balaban J connectivity index is 0.00000312. The van der Waals surface area contributed by atoms with Crippen molar-refractivity contribution in [2.75, 3.05) is 0 Å². The topological polar surface area (TPSA) is 82.5 Å². The summed E-state index contributed by atoms with van der Waals surface area (Å²) in [5.41, 5.74) is 2.89. The summed E-state index contributed by atoms with van der Waals surface area (Å²) in [5, 5.41) is 0. The summed E-state index contributed by atoms with van der Waals surface area (Å²) in [6, 6.07) is 8.40. The van der Waals surface area contributed by atoms with Gasteiger partial charge in [0, 0.05) is 6.20 Å². The molecule has 1 aromatic carbocycles. The SMILES string of the molecule is CC(C)c1cc(S(=O)(=O)[O-])cc(C(C)C)c1N=Cc1ccccn1.[Na+]. The zero-order valence-electron chi connectivity index (χ0n) is 15.2. The van der Waals surface area contributed by atoms with Crippen LogP contribution in [0, 0.1) is 0 Å². The predicted octanol–water partition coefficient (Wildman–Crippen LogP) is 0.987. The summed E-state index contributed by atoms with van der Waals surface area (Å²) in [7, 11) is -4.51. The average molecular weight is 368 g/mol. The first-order valence-electron chi connectivity index (χ1n) is 7.79. The zero-order valence-corrected chi connectivity index (χ0v) is 18.0. The monoisotopic (exact) mass is 368 g/mol. The van der Waals surface area contributed by atoms with E-state index in [1.165, 1.54) is 12.1 Å². The molecule has 1 aromatic heterocycles. The fourth-order valence-corrected chi connectivity index (χ4v) is 2.95. The zero-order chi connectivity index (χ0) is 17.9. The third-order valence-corrected chi connectivity index (χ3v) is 4.50. The summed E-state index contributed by atoms with van der Waals surface area (Å²) in [6.45, 7) is 7.78. The molecule has 0 atom stereocenters. The van der Waals surface area contributed by atoms with Crippen molar-refractivity contribution in [2.24, 2.45) is 4.99 Å². The van der Waals surface area contributed by atoms with Gasteiger partial charge in [-0.2, -0.15) is 0 Å². The number of aliphatic imine (C=N–C) groups is 1. The van der Waals surface area contributed by atoms with Crippen LogP contribution < -0.4 is 29.6 Å². The van der Waals surface area contributed by atoms with Gasteiger partial charge < -0.3 is 4.55 Å². The Kier molecular flexibility index (Phi) is 7.96. The van der Waals surface area contributed by atoms with Gasteiger partial charge in [-0.05, 0) is 47.2 Å². The molecular formula is C18H21N2NaO3S. The van der Waals surface area contributed by atoms with Crippen molar-refractivity contribution in [1.82, 2.24) is 4.98 Å². The first-order valence-corrected chi connectivity index (χ1v) is 9.19. The van der Waals surface area contributed by atoms with Gasteiger partial charge in [0.1, 0.15) is 10.1 Å². The molecule has 2 rings (SSSR count). The molecule has 7 heteroatoms. The Morgan fingerprint density at radius 3 is 2.04 bits per heavy atom. The number of pyridine rings is 1. The molecule has 0 saturated heterocycles. The fourth-order valence-electron chi connectivity index (χ4n) is 2.41.